The van der Waals surface area contributed by atoms with Crippen molar-refractivity contribution in [3.05, 3.63) is 27.2 Å². The van der Waals surface area contributed by atoms with Gasteiger partial charge in [0.05, 0.1) is 46.3 Å². The Morgan fingerprint density at radius 3 is 2.65 bits per heavy atom. The molecule has 2 atom stereocenters. The Kier molecular flexibility index (Phi) is 5.52. The zero-order chi connectivity index (χ0) is 14.7. The van der Waals surface area contributed by atoms with Crippen LogP contribution in [0.5, 0.6) is 0 Å². The van der Waals surface area contributed by atoms with Crippen LogP contribution in [0.25, 0.3) is 0 Å². The van der Waals surface area contributed by atoms with Gasteiger partial charge in [0.1, 0.15) is 0 Å². The molecule has 5 N–H and O–H groups in total. The molecule has 1 aromatic rings. The summed E-state index contributed by atoms with van der Waals surface area (Å²) in [6, 6.07) is 3.10. The van der Waals surface area contributed by atoms with E-state index in [1.807, 2.05) is 0 Å². The van der Waals surface area contributed by atoms with Crippen LogP contribution in [0.15, 0.2) is 12.1 Å². The molecule has 1 heterocycles. The monoisotopic (exact) mass is 337 g/mol. The minimum absolute atomic E-state index is 0.0648. The number of anilines is 1. The normalized spacial score (nSPS) is 22.0. The van der Waals surface area contributed by atoms with Crippen molar-refractivity contribution in [2.24, 2.45) is 5.92 Å². The molecule has 20 heavy (non-hydrogen) atoms. The van der Waals surface area contributed by atoms with E-state index in [-0.39, 0.29) is 5.91 Å². The Balaban J connectivity index is 1.93. The van der Waals surface area contributed by atoms with Crippen LogP contribution in [0.2, 0.25) is 15.1 Å². The van der Waals surface area contributed by atoms with Gasteiger partial charge in [0, 0.05) is 6.42 Å². The maximum Gasteiger partial charge on any atom is 0.279 e. The van der Waals surface area contributed by atoms with E-state index in [1.54, 1.807) is 6.07 Å². The van der Waals surface area contributed by atoms with Gasteiger partial charge in [-0.05, 0) is 12.1 Å². The van der Waals surface area contributed by atoms with Crippen molar-refractivity contribution in [1.82, 2.24) is 0 Å². The Morgan fingerprint density at radius 2 is 2.00 bits per heavy atom. The summed E-state index contributed by atoms with van der Waals surface area (Å²) in [7, 11) is 0. The van der Waals surface area contributed by atoms with Crippen LogP contribution in [0.3, 0.4) is 0 Å². The van der Waals surface area contributed by atoms with Crippen LogP contribution in [-0.2, 0) is 4.79 Å². The van der Waals surface area contributed by atoms with E-state index >= 15 is 0 Å². The second-order valence-electron chi connectivity index (χ2n) is 5.12. The van der Waals surface area contributed by atoms with Crippen molar-refractivity contribution >= 4 is 46.4 Å². The zero-order valence-corrected chi connectivity index (χ0v) is 13.3. The molecular weight excluding hydrogens is 321 g/mol. The van der Waals surface area contributed by atoms with E-state index in [0.717, 1.165) is 26.1 Å². The largest absolute Gasteiger partial charge is 0.357 e. The van der Waals surface area contributed by atoms with Gasteiger partial charge >= 0.3 is 0 Å². The summed E-state index contributed by atoms with van der Waals surface area (Å²) >= 11 is 17.8. The molecule has 1 aromatic carbocycles. The van der Waals surface area contributed by atoms with E-state index in [4.69, 9.17) is 34.8 Å². The lowest BCUT2D eigenvalue weighted by molar-refractivity contribution is -0.880. The molecule has 7 heteroatoms. The van der Waals surface area contributed by atoms with E-state index < -0.39 is 0 Å². The second kappa shape index (κ2) is 6.96. The molecular formula is C13H18Cl3N3O+2. The van der Waals surface area contributed by atoms with E-state index in [2.05, 4.69) is 11.1 Å². The summed E-state index contributed by atoms with van der Waals surface area (Å²) in [5.41, 5.74) is 4.42. The minimum atomic E-state index is -0.0648. The Labute approximate surface area is 133 Å². The number of amides is 1. The molecule has 2 unspecified atom stereocenters. The van der Waals surface area contributed by atoms with Crippen LogP contribution in [0.1, 0.15) is 6.42 Å². The Morgan fingerprint density at radius 1 is 1.30 bits per heavy atom. The fraction of sp³-hybridized carbons (Fsp3) is 0.462. The molecule has 4 nitrogen and oxygen atoms in total. The van der Waals surface area contributed by atoms with E-state index in [1.165, 1.54) is 11.0 Å². The molecule has 0 bridgehead atoms. The maximum absolute atomic E-state index is 12.0. The summed E-state index contributed by atoms with van der Waals surface area (Å²) in [6.07, 6.45) is 1.14. The number of carbonyl (C=O) groups excluding carboxylic acids is 1. The van der Waals surface area contributed by atoms with Crippen molar-refractivity contribution in [2.45, 2.75) is 6.42 Å². The third-order valence-electron chi connectivity index (χ3n) is 3.59. The number of benzene rings is 1. The molecule has 0 spiro atoms. The first-order valence-electron chi connectivity index (χ1n) is 6.56. The second-order valence-corrected chi connectivity index (χ2v) is 6.34. The molecule has 0 saturated carbocycles. The highest BCUT2D eigenvalue weighted by Gasteiger charge is 2.28. The summed E-state index contributed by atoms with van der Waals surface area (Å²) in [6.45, 7) is 3.39. The van der Waals surface area contributed by atoms with Gasteiger partial charge in [0.15, 0.2) is 6.54 Å². The fourth-order valence-corrected chi connectivity index (χ4v) is 3.06. The fourth-order valence-electron chi connectivity index (χ4n) is 2.47. The van der Waals surface area contributed by atoms with Gasteiger partial charge in [-0.3, -0.25) is 4.79 Å². The molecule has 1 amide bonds. The topological polar surface area (TPSA) is 61.2 Å². The van der Waals surface area contributed by atoms with Gasteiger partial charge in [-0.2, -0.15) is 0 Å². The van der Waals surface area contributed by atoms with Gasteiger partial charge < -0.3 is 16.0 Å². The molecule has 1 fully saturated rings. The lowest BCUT2D eigenvalue weighted by atomic mass is 10.1. The van der Waals surface area contributed by atoms with Gasteiger partial charge in [0.2, 0.25) is 0 Å². The van der Waals surface area contributed by atoms with Gasteiger partial charge in [-0.25, -0.2) is 0 Å². The van der Waals surface area contributed by atoms with Crippen molar-refractivity contribution in [1.29, 1.82) is 0 Å². The molecule has 2 rings (SSSR count). The first kappa shape index (κ1) is 15.9. The average molecular weight is 339 g/mol. The molecule has 0 radical (unpaired) electrons. The highest BCUT2D eigenvalue weighted by atomic mass is 35.5. The first-order valence-corrected chi connectivity index (χ1v) is 7.70. The number of carbonyl (C=O) groups is 1. The maximum atomic E-state index is 12.0. The van der Waals surface area contributed by atoms with Crippen molar-refractivity contribution in [2.75, 3.05) is 31.5 Å². The highest BCUT2D eigenvalue weighted by molar-refractivity contribution is 6.44. The van der Waals surface area contributed by atoms with Crippen molar-refractivity contribution in [3.8, 4) is 0 Å². The SMILES string of the molecule is [NH3+]CC1CC[NH+](CC(=O)Nc2cc(Cl)c(Cl)cc2Cl)C1. The van der Waals surface area contributed by atoms with Crippen LogP contribution >= 0.6 is 34.8 Å². The molecule has 0 aromatic heterocycles. The Bertz CT molecular complexity index is 510. The van der Waals surface area contributed by atoms with Gasteiger partial charge in [-0.15, -0.1) is 0 Å². The number of hydrogen-bond donors (Lipinski definition) is 3. The lowest BCUT2D eigenvalue weighted by Gasteiger charge is -2.13. The molecule has 110 valence electrons. The number of halogens is 3. The van der Waals surface area contributed by atoms with Gasteiger partial charge in [-0.1, -0.05) is 34.8 Å². The van der Waals surface area contributed by atoms with Crippen molar-refractivity contribution < 1.29 is 15.4 Å². The van der Waals surface area contributed by atoms with Crippen LogP contribution in [0.4, 0.5) is 5.69 Å². The predicted molar refractivity (Wildman–Crippen MR) is 81.5 cm³/mol. The summed E-state index contributed by atoms with van der Waals surface area (Å²) in [5, 5.41) is 3.92. The van der Waals surface area contributed by atoms with Crippen molar-refractivity contribution in [3.63, 3.8) is 0 Å². The highest BCUT2D eigenvalue weighted by Crippen LogP contribution is 2.32. The number of nitrogens with one attached hydrogen (secondary N) is 2. The number of likely N-dealkylation sites (tertiary alicyclic amines) is 1. The number of rotatable bonds is 4. The molecule has 1 aliphatic heterocycles. The van der Waals surface area contributed by atoms with Crippen LogP contribution in [0, 0.1) is 5.92 Å². The number of hydrogen-bond acceptors (Lipinski definition) is 1. The quantitative estimate of drug-likeness (QED) is 0.697. The third kappa shape index (κ3) is 3.99. The van der Waals surface area contributed by atoms with E-state index in [0.29, 0.717) is 33.2 Å². The number of quaternary nitrogens is 2. The third-order valence-corrected chi connectivity index (χ3v) is 4.62. The van der Waals surface area contributed by atoms with Gasteiger partial charge in [0.25, 0.3) is 5.91 Å². The minimum Gasteiger partial charge on any atom is -0.357 e. The Hall–Kier alpha value is -0.520. The summed E-state index contributed by atoms with van der Waals surface area (Å²) < 4.78 is 0. The predicted octanol–water partition coefficient (Wildman–Crippen LogP) is 0.732. The standard InChI is InChI=1S/C13H16Cl3N3O/c14-9-3-11(16)12(4-10(9)15)18-13(20)7-19-2-1-8(5-17)6-19/h3-4,8H,1-2,5-7,17H2,(H,18,20)/p+2. The summed E-state index contributed by atoms with van der Waals surface area (Å²) in [5.74, 6) is 0.566. The molecule has 1 saturated heterocycles. The first-order chi connectivity index (χ1) is 9.49. The molecule has 0 aliphatic carbocycles. The lowest BCUT2D eigenvalue weighted by Crippen LogP contribution is -3.11. The van der Waals surface area contributed by atoms with Crippen LogP contribution < -0.4 is 16.0 Å². The summed E-state index contributed by atoms with van der Waals surface area (Å²) in [4.78, 5) is 13.3. The van der Waals surface area contributed by atoms with Crippen LogP contribution in [-0.4, -0.2) is 32.1 Å². The zero-order valence-electron chi connectivity index (χ0n) is 11.0. The molecule has 1 aliphatic rings. The smallest absolute Gasteiger partial charge is 0.279 e. The average Bonchev–Trinajstić information content (AvgIpc) is 2.83. The van der Waals surface area contributed by atoms with E-state index in [9.17, 15) is 4.79 Å².